The standard InChI is InChI=1S/C12H19NO2/c1-11(2)7-6-9-12(3)8-4-5-10-13(14)15/h4,6-9,12H,5,10H2,1-3H3/b8-4-,9-6-. The Morgan fingerprint density at radius 1 is 1.40 bits per heavy atom. The van der Waals surface area contributed by atoms with Gasteiger partial charge in [0.2, 0.25) is 6.54 Å². The first-order valence-electron chi connectivity index (χ1n) is 5.12. The summed E-state index contributed by atoms with van der Waals surface area (Å²) < 4.78 is 0. The van der Waals surface area contributed by atoms with E-state index in [1.165, 1.54) is 5.57 Å². The number of rotatable bonds is 6. The molecule has 0 saturated carbocycles. The number of nitro groups is 1. The van der Waals surface area contributed by atoms with Crippen LogP contribution in [0.4, 0.5) is 0 Å². The molecular formula is C12H19NO2. The summed E-state index contributed by atoms with van der Waals surface area (Å²) in [6.45, 7) is 6.16. The molecule has 0 rings (SSSR count). The minimum Gasteiger partial charge on any atom is -0.265 e. The molecule has 0 spiro atoms. The van der Waals surface area contributed by atoms with Crippen molar-refractivity contribution < 1.29 is 4.92 Å². The fourth-order valence-corrected chi connectivity index (χ4v) is 0.978. The van der Waals surface area contributed by atoms with Crippen LogP contribution < -0.4 is 0 Å². The summed E-state index contributed by atoms with van der Waals surface area (Å²) in [6.07, 6.45) is 10.5. The second-order valence-corrected chi connectivity index (χ2v) is 3.76. The Bertz CT molecular complexity index is 273. The minimum atomic E-state index is -0.298. The Hall–Kier alpha value is -1.38. The van der Waals surface area contributed by atoms with Crippen molar-refractivity contribution in [1.82, 2.24) is 0 Å². The van der Waals surface area contributed by atoms with Crippen LogP contribution in [0.1, 0.15) is 27.2 Å². The van der Waals surface area contributed by atoms with Gasteiger partial charge in [-0.25, -0.2) is 0 Å². The molecule has 0 amide bonds. The molecule has 15 heavy (non-hydrogen) atoms. The van der Waals surface area contributed by atoms with Crippen LogP contribution in [0.15, 0.2) is 36.0 Å². The maximum Gasteiger partial charge on any atom is 0.207 e. The first-order valence-corrected chi connectivity index (χ1v) is 5.12. The molecule has 3 heteroatoms. The molecule has 0 aliphatic heterocycles. The SMILES string of the molecule is CC(C)=C/C=C\C(C)/C=C\CC[N+](=O)[O-]. The summed E-state index contributed by atoms with van der Waals surface area (Å²) in [7, 11) is 0. The second kappa shape index (κ2) is 7.97. The van der Waals surface area contributed by atoms with Gasteiger partial charge in [-0.1, -0.05) is 42.9 Å². The minimum absolute atomic E-state index is 0.0148. The molecule has 0 aromatic heterocycles. The molecule has 0 fully saturated rings. The van der Waals surface area contributed by atoms with Gasteiger partial charge < -0.3 is 0 Å². The molecule has 0 saturated heterocycles. The molecule has 0 aliphatic rings. The number of nitrogens with zero attached hydrogens (tertiary/aromatic N) is 1. The van der Waals surface area contributed by atoms with E-state index in [1.54, 1.807) is 0 Å². The van der Waals surface area contributed by atoms with Gasteiger partial charge in [0.1, 0.15) is 0 Å². The van der Waals surface area contributed by atoms with Gasteiger partial charge in [0.15, 0.2) is 0 Å². The van der Waals surface area contributed by atoms with Crippen molar-refractivity contribution in [2.45, 2.75) is 27.2 Å². The molecule has 0 aromatic carbocycles. The van der Waals surface area contributed by atoms with E-state index in [0.717, 1.165) is 0 Å². The van der Waals surface area contributed by atoms with Gasteiger partial charge >= 0.3 is 0 Å². The molecule has 0 radical (unpaired) electrons. The van der Waals surface area contributed by atoms with Crippen molar-refractivity contribution in [2.24, 2.45) is 5.92 Å². The van der Waals surface area contributed by atoms with Crippen molar-refractivity contribution in [3.63, 3.8) is 0 Å². The summed E-state index contributed by atoms with van der Waals surface area (Å²) >= 11 is 0. The lowest BCUT2D eigenvalue weighted by Crippen LogP contribution is -1.98. The van der Waals surface area contributed by atoms with Crippen LogP contribution in [0.5, 0.6) is 0 Å². The largest absolute Gasteiger partial charge is 0.265 e. The predicted octanol–water partition coefficient (Wildman–Crippen LogP) is 3.37. The zero-order valence-corrected chi connectivity index (χ0v) is 9.64. The second-order valence-electron chi connectivity index (χ2n) is 3.76. The average Bonchev–Trinajstić information content (AvgIpc) is 2.11. The molecule has 84 valence electrons. The fraction of sp³-hybridized carbons (Fsp3) is 0.500. The van der Waals surface area contributed by atoms with E-state index in [4.69, 9.17) is 0 Å². The van der Waals surface area contributed by atoms with Crippen molar-refractivity contribution in [2.75, 3.05) is 6.54 Å². The van der Waals surface area contributed by atoms with Crippen LogP contribution in [-0.2, 0) is 0 Å². The number of allylic oxidation sites excluding steroid dienone is 5. The Kier molecular flexibility index (Phi) is 7.24. The summed E-state index contributed by atoms with van der Waals surface area (Å²) in [6, 6.07) is 0. The van der Waals surface area contributed by atoms with Crippen LogP contribution in [0.25, 0.3) is 0 Å². The van der Waals surface area contributed by atoms with Crippen LogP contribution in [0, 0.1) is 16.0 Å². The third-order valence-corrected chi connectivity index (χ3v) is 1.76. The highest BCUT2D eigenvalue weighted by Crippen LogP contribution is 2.01. The van der Waals surface area contributed by atoms with Crippen molar-refractivity contribution in [3.05, 3.63) is 46.1 Å². The monoisotopic (exact) mass is 209 g/mol. The normalized spacial score (nSPS) is 13.3. The van der Waals surface area contributed by atoms with Crippen LogP contribution in [0.2, 0.25) is 0 Å². The molecular weight excluding hydrogens is 190 g/mol. The van der Waals surface area contributed by atoms with E-state index in [2.05, 4.69) is 13.0 Å². The summed E-state index contributed by atoms with van der Waals surface area (Å²) in [4.78, 5) is 9.74. The fourth-order valence-electron chi connectivity index (χ4n) is 0.978. The average molecular weight is 209 g/mol. The maximum atomic E-state index is 10.0. The van der Waals surface area contributed by atoms with Crippen molar-refractivity contribution >= 4 is 0 Å². The maximum absolute atomic E-state index is 10.0. The highest BCUT2D eigenvalue weighted by Gasteiger charge is 1.92. The van der Waals surface area contributed by atoms with Crippen molar-refractivity contribution in [3.8, 4) is 0 Å². The van der Waals surface area contributed by atoms with Gasteiger partial charge in [0, 0.05) is 11.3 Å². The Morgan fingerprint density at radius 2 is 2.07 bits per heavy atom. The van der Waals surface area contributed by atoms with E-state index in [0.29, 0.717) is 12.3 Å². The quantitative estimate of drug-likeness (QED) is 0.291. The first-order chi connectivity index (χ1) is 7.02. The van der Waals surface area contributed by atoms with E-state index in [1.807, 2.05) is 38.2 Å². The van der Waals surface area contributed by atoms with E-state index < -0.39 is 0 Å². The molecule has 0 N–H and O–H groups in total. The molecule has 0 aliphatic carbocycles. The smallest absolute Gasteiger partial charge is 0.207 e. The van der Waals surface area contributed by atoms with Gasteiger partial charge in [-0.3, -0.25) is 10.1 Å². The Morgan fingerprint density at radius 3 is 2.60 bits per heavy atom. The Balaban J connectivity index is 3.82. The summed E-state index contributed by atoms with van der Waals surface area (Å²) in [5.41, 5.74) is 1.26. The zero-order valence-electron chi connectivity index (χ0n) is 9.64. The van der Waals surface area contributed by atoms with Gasteiger partial charge in [-0.15, -0.1) is 0 Å². The third-order valence-electron chi connectivity index (χ3n) is 1.76. The lowest BCUT2D eigenvalue weighted by molar-refractivity contribution is -0.478. The van der Waals surface area contributed by atoms with Crippen LogP contribution >= 0.6 is 0 Å². The van der Waals surface area contributed by atoms with Gasteiger partial charge in [0.25, 0.3) is 0 Å². The Labute approximate surface area is 91.3 Å². The van der Waals surface area contributed by atoms with Crippen LogP contribution in [0.3, 0.4) is 0 Å². The molecule has 1 atom stereocenters. The highest BCUT2D eigenvalue weighted by molar-refractivity contribution is 5.11. The van der Waals surface area contributed by atoms with E-state index in [9.17, 15) is 10.1 Å². The van der Waals surface area contributed by atoms with E-state index in [-0.39, 0.29) is 11.5 Å². The molecule has 0 bridgehead atoms. The van der Waals surface area contributed by atoms with Gasteiger partial charge in [-0.2, -0.15) is 0 Å². The molecule has 1 unspecified atom stereocenters. The molecule has 0 heterocycles. The lowest BCUT2D eigenvalue weighted by atomic mass is 10.1. The van der Waals surface area contributed by atoms with Crippen molar-refractivity contribution in [1.29, 1.82) is 0 Å². The summed E-state index contributed by atoms with van der Waals surface area (Å²) in [5, 5.41) is 10.0. The lowest BCUT2D eigenvalue weighted by Gasteiger charge is -1.95. The molecule has 3 nitrogen and oxygen atoms in total. The summed E-state index contributed by atoms with van der Waals surface area (Å²) in [5.74, 6) is 0.326. The molecule has 0 aromatic rings. The zero-order chi connectivity index (χ0) is 11.7. The predicted molar refractivity (Wildman–Crippen MR) is 63.4 cm³/mol. The highest BCUT2D eigenvalue weighted by atomic mass is 16.6. The van der Waals surface area contributed by atoms with Crippen LogP contribution in [-0.4, -0.2) is 11.5 Å². The van der Waals surface area contributed by atoms with Gasteiger partial charge in [0.05, 0.1) is 0 Å². The number of hydrogen-bond donors (Lipinski definition) is 0. The first kappa shape index (κ1) is 13.6. The number of hydrogen-bond acceptors (Lipinski definition) is 2. The topological polar surface area (TPSA) is 43.1 Å². The van der Waals surface area contributed by atoms with Gasteiger partial charge in [-0.05, 0) is 19.8 Å². The van der Waals surface area contributed by atoms with E-state index >= 15 is 0 Å². The third kappa shape index (κ3) is 10.5.